The zero-order valence-corrected chi connectivity index (χ0v) is 9.98. The van der Waals surface area contributed by atoms with Crippen LogP contribution in [-0.2, 0) is 0 Å². The summed E-state index contributed by atoms with van der Waals surface area (Å²) < 4.78 is 3.13. The van der Waals surface area contributed by atoms with E-state index in [1.54, 1.807) is 0 Å². The molecule has 0 amide bonds. The van der Waals surface area contributed by atoms with E-state index < -0.39 is 0 Å². The Morgan fingerprint density at radius 3 is 3.06 bits per heavy atom. The number of nitrogens with zero attached hydrogens (tertiary/aromatic N) is 2. The molecule has 16 heavy (non-hydrogen) atoms. The van der Waals surface area contributed by atoms with Crippen molar-refractivity contribution < 1.29 is 0 Å². The lowest BCUT2D eigenvalue weighted by atomic mass is 10.3. The quantitative estimate of drug-likeness (QED) is 0.662. The Morgan fingerprint density at radius 2 is 2.19 bits per heavy atom. The zero-order chi connectivity index (χ0) is 11.0. The van der Waals surface area contributed by atoms with E-state index in [-0.39, 0.29) is 0 Å². The second kappa shape index (κ2) is 3.76. The molecule has 0 saturated carbocycles. The maximum absolute atomic E-state index is 4.34. The van der Waals surface area contributed by atoms with E-state index in [0.717, 1.165) is 21.2 Å². The van der Waals surface area contributed by atoms with Crippen LogP contribution in [-0.4, -0.2) is 9.55 Å². The summed E-state index contributed by atoms with van der Waals surface area (Å²) in [6.07, 6.45) is 1.83. The summed E-state index contributed by atoms with van der Waals surface area (Å²) in [5, 5.41) is 0. The molecule has 77 valence electrons. The SMILES string of the molecule is Brc1cccc(-n2cnc3c[c]ccc32)c1. The van der Waals surface area contributed by atoms with Gasteiger partial charge in [0.2, 0.25) is 0 Å². The lowest BCUT2D eigenvalue weighted by molar-refractivity contribution is 1.09. The summed E-state index contributed by atoms with van der Waals surface area (Å²) in [5.41, 5.74) is 3.16. The van der Waals surface area contributed by atoms with Crippen LogP contribution in [0.25, 0.3) is 16.7 Å². The summed E-state index contributed by atoms with van der Waals surface area (Å²) in [7, 11) is 0. The van der Waals surface area contributed by atoms with E-state index >= 15 is 0 Å². The van der Waals surface area contributed by atoms with Crippen molar-refractivity contribution in [3.8, 4) is 5.69 Å². The Bertz CT molecular complexity index is 643. The Balaban J connectivity index is 2.26. The summed E-state index contributed by atoms with van der Waals surface area (Å²) >= 11 is 3.47. The molecule has 2 nitrogen and oxygen atoms in total. The van der Waals surface area contributed by atoms with E-state index in [2.05, 4.69) is 43.7 Å². The summed E-state index contributed by atoms with van der Waals surface area (Å²) in [6.45, 7) is 0. The van der Waals surface area contributed by atoms with Crippen LogP contribution in [0.15, 0.2) is 53.3 Å². The average Bonchev–Trinajstić information content (AvgIpc) is 2.72. The number of fused-ring (bicyclic) bond motifs is 1. The van der Waals surface area contributed by atoms with Gasteiger partial charge in [0.1, 0.15) is 6.33 Å². The number of hydrogen-bond donors (Lipinski definition) is 0. The molecule has 0 N–H and O–H groups in total. The fourth-order valence-corrected chi connectivity index (χ4v) is 2.12. The van der Waals surface area contributed by atoms with Crippen molar-refractivity contribution in [1.82, 2.24) is 9.55 Å². The van der Waals surface area contributed by atoms with E-state index in [1.165, 1.54) is 0 Å². The third-order valence-electron chi connectivity index (χ3n) is 2.48. The maximum Gasteiger partial charge on any atom is 0.100 e. The Morgan fingerprint density at radius 1 is 1.25 bits per heavy atom. The zero-order valence-electron chi connectivity index (χ0n) is 8.39. The first-order valence-electron chi connectivity index (χ1n) is 4.94. The summed E-state index contributed by atoms with van der Waals surface area (Å²) in [5.74, 6) is 0. The van der Waals surface area contributed by atoms with Gasteiger partial charge in [-0.05, 0) is 36.4 Å². The molecule has 3 rings (SSSR count). The molecule has 0 aliphatic carbocycles. The molecule has 0 fully saturated rings. The minimum Gasteiger partial charge on any atom is -0.299 e. The standard InChI is InChI=1S/C13H8BrN2/c14-10-4-3-5-11(8-10)16-9-15-12-6-1-2-7-13(12)16/h2-9H. The summed E-state index contributed by atoms with van der Waals surface area (Å²) in [6, 6.07) is 17.0. The molecule has 3 aromatic rings. The molecule has 1 heterocycles. The van der Waals surface area contributed by atoms with Crippen LogP contribution in [0.3, 0.4) is 0 Å². The molecule has 1 radical (unpaired) electrons. The highest BCUT2D eigenvalue weighted by Gasteiger charge is 2.03. The van der Waals surface area contributed by atoms with E-state index in [9.17, 15) is 0 Å². The third-order valence-corrected chi connectivity index (χ3v) is 2.97. The molecule has 0 saturated heterocycles. The van der Waals surface area contributed by atoms with E-state index in [1.807, 2.05) is 36.7 Å². The molecule has 1 aromatic heterocycles. The van der Waals surface area contributed by atoms with Crippen LogP contribution >= 0.6 is 15.9 Å². The van der Waals surface area contributed by atoms with Crippen LogP contribution < -0.4 is 0 Å². The normalized spacial score (nSPS) is 10.8. The second-order valence-corrected chi connectivity index (χ2v) is 4.42. The molecule has 0 spiro atoms. The first-order chi connectivity index (χ1) is 7.84. The monoisotopic (exact) mass is 271 g/mol. The minimum absolute atomic E-state index is 0.961. The number of benzene rings is 2. The van der Waals surface area contributed by atoms with Crippen molar-refractivity contribution in [2.45, 2.75) is 0 Å². The number of imidazole rings is 1. The molecular formula is C13H8BrN2. The van der Waals surface area contributed by atoms with Crippen LogP contribution in [0, 0.1) is 6.07 Å². The van der Waals surface area contributed by atoms with Crippen molar-refractivity contribution in [2.75, 3.05) is 0 Å². The Labute approximate surface area is 102 Å². The second-order valence-electron chi connectivity index (χ2n) is 3.51. The highest BCUT2D eigenvalue weighted by molar-refractivity contribution is 9.10. The average molecular weight is 272 g/mol. The van der Waals surface area contributed by atoms with Gasteiger partial charge in [-0.1, -0.05) is 28.1 Å². The lowest BCUT2D eigenvalue weighted by Gasteiger charge is -2.04. The minimum atomic E-state index is 0.961. The highest BCUT2D eigenvalue weighted by Crippen LogP contribution is 2.20. The molecule has 0 unspecified atom stereocenters. The number of hydrogen-bond acceptors (Lipinski definition) is 1. The third kappa shape index (κ3) is 1.53. The molecule has 0 aliphatic rings. The van der Waals surface area contributed by atoms with Crippen LogP contribution in [0.2, 0.25) is 0 Å². The van der Waals surface area contributed by atoms with Crippen molar-refractivity contribution in [3.63, 3.8) is 0 Å². The Hall–Kier alpha value is -1.61. The van der Waals surface area contributed by atoms with E-state index in [4.69, 9.17) is 0 Å². The summed E-state index contributed by atoms with van der Waals surface area (Å²) in [4.78, 5) is 4.34. The van der Waals surface area contributed by atoms with Crippen molar-refractivity contribution in [2.24, 2.45) is 0 Å². The molecule has 2 aromatic carbocycles. The molecule has 0 bridgehead atoms. The van der Waals surface area contributed by atoms with Crippen molar-refractivity contribution in [1.29, 1.82) is 0 Å². The number of aromatic nitrogens is 2. The van der Waals surface area contributed by atoms with Gasteiger partial charge in [0.05, 0.1) is 11.0 Å². The molecule has 0 aliphatic heterocycles. The molecule has 3 heteroatoms. The van der Waals surface area contributed by atoms with Crippen LogP contribution in [0.1, 0.15) is 0 Å². The van der Waals surface area contributed by atoms with Gasteiger partial charge in [-0.3, -0.25) is 4.57 Å². The van der Waals surface area contributed by atoms with Crippen molar-refractivity contribution in [3.05, 3.63) is 59.3 Å². The topological polar surface area (TPSA) is 17.8 Å². The maximum atomic E-state index is 4.34. The first kappa shape index (κ1) is 9.60. The number of halogens is 1. The smallest absolute Gasteiger partial charge is 0.100 e. The van der Waals surface area contributed by atoms with Crippen LogP contribution in [0.5, 0.6) is 0 Å². The van der Waals surface area contributed by atoms with Gasteiger partial charge in [-0.15, -0.1) is 0 Å². The predicted octanol–water partition coefficient (Wildman–Crippen LogP) is 3.59. The van der Waals surface area contributed by atoms with Gasteiger partial charge in [0.25, 0.3) is 0 Å². The largest absolute Gasteiger partial charge is 0.299 e. The van der Waals surface area contributed by atoms with Crippen molar-refractivity contribution >= 4 is 27.0 Å². The van der Waals surface area contributed by atoms with E-state index in [0.29, 0.717) is 0 Å². The van der Waals surface area contributed by atoms with Crippen LogP contribution in [0.4, 0.5) is 0 Å². The van der Waals surface area contributed by atoms with Gasteiger partial charge in [0, 0.05) is 10.2 Å². The molecule has 0 atom stereocenters. The number of rotatable bonds is 1. The first-order valence-corrected chi connectivity index (χ1v) is 5.73. The van der Waals surface area contributed by atoms with Gasteiger partial charge in [-0.2, -0.15) is 0 Å². The fourth-order valence-electron chi connectivity index (χ4n) is 1.73. The Kier molecular flexibility index (Phi) is 2.26. The predicted molar refractivity (Wildman–Crippen MR) is 67.6 cm³/mol. The fraction of sp³-hybridized carbons (Fsp3) is 0. The lowest BCUT2D eigenvalue weighted by Crippen LogP contribution is -1.90. The molecular weight excluding hydrogens is 264 g/mol. The highest BCUT2D eigenvalue weighted by atomic mass is 79.9. The van der Waals surface area contributed by atoms with Gasteiger partial charge >= 0.3 is 0 Å². The van der Waals surface area contributed by atoms with Gasteiger partial charge < -0.3 is 0 Å². The van der Waals surface area contributed by atoms with Gasteiger partial charge in [-0.25, -0.2) is 4.98 Å². The van der Waals surface area contributed by atoms with Gasteiger partial charge in [0.15, 0.2) is 0 Å².